The molecule has 4 rings (SSSR count). The van der Waals surface area contributed by atoms with Gasteiger partial charge >= 0.3 is 0 Å². The lowest BCUT2D eigenvalue weighted by atomic mass is 9.85. The summed E-state index contributed by atoms with van der Waals surface area (Å²) in [5.41, 5.74) is 3.50. The Morgan fingerprint density at radius 2 is 1.88 bits per heavy atom. The van der Waals surface area contributed by atoms with Crippen molar-refractivity contribution in [2.45, 2.75) is 45.1 Å². The number of rotatable bonds is 6. The zero-order chi connectivity index (χ0) is 22.7. The molecule has 0 radical (unpaired) electrons. The Labute approximate surface area is 192 Å². The lowest BCUT2D eigenvalue weighted by molar-refractivity contribution is -0.0262. The van der Waals surface area contributed by atoms with Crippen molar-refractivity contribution >= 4 is 39.1 Å². The van der Waals surface area contributed by atoms with E-state index < -0.39 is 5.60 Å². The summed E-state index contributed by atoms with van der Waals surface area (Å²) in [6.45, 7) is 5.44. The summed E-state index contributed by atoms with van der Waals surface area (Å²) in [5.74, 6) is 0.297. The highest BCUT2D eigenvalue weighted by Crippen LogP contribution is 2.29. The Kier molecular flexibility index (Phi) is 6.58. The SMILES string of the molecule is CC(C)CCC1(O)CCN(C(=O)c2ccc(NC(=O)c3cccc4scnc34)cc2)CC1. The second kappa shape index (κ2) is 9.38. The maximum absolute atomic E-state index is 12.9. The third-order valence-electron chi connectivity index (χ3n) is 6.16. The molecule has 6 nitrogen and oxygen atoms in total. The maximum atomic E-state index is 12.9. The smallest absolute Gasteiger partial charge is 0.257 e. The van der Waals surface area contributed by atoms with Crippen LogP contribution in [0.2, 0.25) is 0 Å². The van der Waals surface area contributed by atoms with Crippen LogP contribution in [0.4, 0.5) is 5.69 Å². The number of aromatic nitrogens is 1. The average molecular weight is 452 g/mol. The third-order valence-corrected chi connectivity index (χ3v) is 6.96. The number of carbonyl (C=O) groups excluding carboxylic acids is 2. The molecule has 32 heavy (non-hydrogen) atoms. The molecular formula is C25H29N3O3S. The average Bonchev–Trinajstić information content (AvgIpc) is 3.27. The first-order chi connectivity index (χ1) is 15.3. The van der Waals surface area contributed by atoms with Crippen LogP contribution in [0.1, 0.15) is 60.2 Å². The summed E-state index contributed by atoms with van der Waals surface area (Å²) in [6.07, 6.45) is 3.01. The van der Waals surface area contributed by atoms with Crippen molar-refractivity contribution in [3.63, 3.8) is 0 Å². The van der Waals surface area contributed by atoms with Crippen LogP contribution in [-0.4, -0.2) is 45.5 Å². The molecule has 1 aliphatic heterocycles. The van der Waals surface area contributed by atoms with Gasteiger partial charge in [0, 0.05) is 24.3 Å². The summed E-state index contributed by atoms with van der Waals surface area (Å²) in [5, 5.41) is 13.7. The van der Waals surface area contributed by atoms with Crippen LogP contribution >= 0.6 is 11.3 Å². The number of carbonyl (C=O) groups is 2. The molecule has 3 aromatic rings. The molecule has 1 saturated heterocycles. The Morgan fingerprint density at radius 1 is 1.16 bits per heavy atom. The fourth-order valence-corrected chi connectivity index (χ4v) is 4.78. The molecule has 2 N–H and O–H groups in total. The lowest BCUT2D eigenvalue weighted by Crippen LogP contribution is -2.46. The zero-order valence-electron chi connectivity index (χ0n) is 18.5. The highest BCUT2D eigenvalue weighted by atomic mass is 32.1. The lowest BCUT2D eigenvalue weighted by Gasteiger charge is -2.38. The molecule has 1 fully saturated rings. The van der Waals surface area contributed by atoms with E-state index in [2.05, 4.69) is 24.1 Å². The maximum Gasteiger partial charge on any atom is 0.257 e. The predicted octanol–water partition coefficient (Wildman–Crippen LogP) is 4.95. The van der Waals surface area contributed by atoms with Crippen LogP contribution in [0.5, 0.6) is 0 Å². The van der Waals surface area contributed by atoms with E-state index in [1.54, 1.807) is 40.7 Å². The van der Waals surface area contributed by atoms with Gasteiger partial charge in [0.2, 0.25) is 0 Å². The van der Waals surface area contributed by atoms with Gasteiger partial charge in [-0.25, -0.2) is 4.98 Å². The zero-order valence-corrected chi connectivity index (χ0v) is 19.3. The monoisotopic (exact) mass is 451 g/mol. The fourth-order valence-electron chi connectivity index (χ4n) is 4.08. The summed E-state index contributed by atoms with van der Waals surface area (Å²) in [7, 11) is 0. The van der Waals surface area contributed by atoms with Crippen molar-refractivity contribution in [3.8, 4) is 0 Å². The number of likely N-dealkylation sites (tertiary alicyclic amines) is 1. The van der Waals surface area contributed by atoms with Crippen molar-refractivity contribution in [2.24, 2.45) is 5.92 Å². The number of benzene rings is 2. The van der Waals surface area contributed by atoms with Gasteiger partial charge in [-0.05, 0) is 68.0 Å². The molecule has 2 heterocycles. The van der Waals surface area contributed by atoms with E-state index in [4.69, 9.17) is 0 Å². The number of nitrogens with one attached hydrogen (secondary N) is 1. The minimum Gasteiger partial charge on any atom is -0.390 e. The van der Waals surface area contributed by atoms with Gasteiger partial charge in [0.25, 0.3) is 11.8 Å². The molecule has 0 spiro atoms. The molecule has 0 atom stereocenters. The van der Waals surface area contributed by atoms with Crippen LogP contribution in [-0.2, 0) is 0 Å². The summed E-state index contributed by atoms with van der Waals surface area (Å²) < 4.78 is 0.969. The Bertz CT molecular complexity index is 1100. The van der Waals surface area contributed by atoms with E-state index in [9.17, 15) is 14.7 Å². The molecule has 0 unspecified atom stereocenters. The molecule has 0 bridgehead atoms. The van der Waals surface area contributed by atoms with Crippen LogP contribution in [0.25, 0.3) is 10.2 Å². The van der Waals surface area contributed by atoms with Gasteiger partial charge < -0.3 is 15.3 Å². The number of fused-ring (bicyclic) bond motifs is 1. The third kappa shape index (κ3) is 5.00. The number of hydrogen-bond donors (Lipinski definition) is 2. The normalized spacial score (nSPS) is 15.8. The van der Waals surface area contributed by atoms with Crippen LogP contribution in [0, 0.1) is 5.92 Å². The number of hydrogen-bond acceptors (Lipinski definition) is 5. The Morgan fingerprint density at radius 3 is 2.56 bits per heavy atom. The van der Waals surface area contributed by atoms with Crippen LogP contribution in [0.3, 0.4) is 0 Å². The second-order valence-electron chi connectivity index (χ2n) is 8.99. The van der Waals surface area contributed by atoms with Crippen molar-refractivity contribution in [2.75, 3.05) is 18.4 Å². The molecule has 1 aliphatic rings. The van der Waals surface area contributed by atoms with Gasteiger partial charge in [-0.2, -0.15) is 0 Å². The molecule has 1 aromatic heterocycles. The van der Waals surface area contributed by atoms with E-state index in [-0.39, 0.29) is 11.8 Å². The molecule has 2 amide bonds. The van der Waals surface area contributed by atoms with Gasteiger partial charge in [-0.1, -0.05) is 19.9 Å². The fraction of sp³-hybridized carbons (Fsp3) is 0.400. The number of nitrogens with zero attached hydrogens (tertiary/aromatic N) is 2. The topological polar surface area (TPSA) is 82.5 Å². The quantitative estimate of drug-likeness (QED) is 0.555. The van der Waals surface area contributed by atoms with Gasteiger partial charge in [0.15, 0.2) is 0 Å². The first-order valence-corrected chi connectivity index (χ1v) is 12.0. The first-order valence-electron chi connectivity index (χ1n) is 11.1. The number of amides is 2. The summed E-state index contributed by atoms with van der Waals surface area (Å²) >= 11 is 1.50. The molecule has 0 aliphatic carbocycles. The van der Waals surface area contributed by atoms with Gasteiger partial charge in [0.1, 0.15) is 0 Å². The molecular weight excluding hydrogens is 422 g/mol. The standard InChI is InChI=1S/C25H29N3O3S/c1-17(2)10-11-25(31)12-14-28(15-13-25)24(30)18-6-8-19(9-7-18)27-23(29)20-4-3-5-21-22(20)26-16-32-21/h3-9,16-17,31H,10-15H2,1-2H3,(H,27,29). The van der Waals surface area contributed by atoms with E-state index >= 15 is 0 Å². The minimum atomic E-state index is -0.657. The molecule has 0 saturated carbocycles. The molecule has 2 aromatic carbocycles. The summed E-state index contributed by atoms with van der Waals surface area (Å²) in [6, 6.07) is 12.5. The Hall–Kier alpha value is -2.77. The number of aliphatic hydroxyl groups is 1. The van der Waals surface area contributed by atoms with E-state index in [0.717, 1.165) is 17.5 Å². The van der Waals surface area contributed by atoms with Gasteiger partial charge in [-0.3, -0.25) is 9.59 Å². The van der Waals surface area contributed by atoms with E-state index in [1.807, 2.05) is 12.1 Å². The highest BCUT2D eigenvalue weighted by molar-refractivity contribution is 7.16. The molecule has 168 valence electrons. The predicted molar refractivity (Wildman–Crippen MR) is 128 cm³/mol. The van der Waals surface area contributed by atoms with Gasteiger partial charge in [-0.15, -0.1) is 11.3 Å². The van der Waals surface area contributed by atoms with Crippen LogP contribution < -0.4 is 5.32 Å². The minimum absolute atomic E-state index is 0.0407. The number of anilines is 1. The van der Waals surface area contributed by atoms with Gasteiger partial charge in [0.05, 0.1) is 26.9 Å². The van der Waals surface area contributed by atoms with Crippen molar-refractivity contribution in [1.82, 2.24) is 9.88 Å². The molecule has 7 heteroatoms. The summed E-state index contributed by atoms with van der Waals surface area (Å²) in [4.78, 5) is 31.7. The second-order valence-corrected chi connectivity index (χ2v) is 9.87. The van der Waals surface area contributed by atoms with Crippen molar-refractivity contribution in [3.05, 3.63) is 59.1 Å². The van der Waals surface area contributed by atoms with Crippen molar-refractivity contribution in [1.29, 1.82) is 0 Å². The number of thiazole rings is 1. The van der Waals surface area contributed by atoms with Crippen LogP contribution in [0.15, 0.2) is 48.0 Å². The van der Waals surface area contributed by atoms with Crippen molar-refractivity contribution < 1.29 is 14.7 Å². The number of para-hydroxylation sites is 1. The first kappa shape index (κ1) is 22.4. The number of piperidine rings is 1. The van der Waals surface area contributed by atoms with E-state index in [1.165, 1.54) is 11.3 Å². The van der Waals surface area contributed by atoms with E-state index in [0.29, 0.717) is 54.2 Å². The largest absolute Gasteiger partial charge is 0.390 e. The Balaban J connectivity index is 1.36. The highest BCUT2D eigenvalue weighted by Gasteiger charge is 2.33.